The Morgan fingerprint density at radius 1 is 1.06 bits per heavy atom. The number of aliphatic hydroxyl groups excluding tert-OH is 1. The predicted octanol–water partition coefficient (Wildman–Crippen LogP) is 1.96. The Labute approximate surface area is 179 Å². The normalized spacial score (nSPS) is 18.2. The molecule has 1 aliphatic heterocycles. The minimum atomic E-state index is -1.25. The lowest BCUT2D eigenvalue weighted by atomic mass is 9.98. The molecule has 8 nitrogen and oxygen atoms in total. The molecular weight excluding hydrogens is 400 g/mol. The van der Waals surface area contributed by atoms with E-state index >= 15 is 0 Å². The van der Waals surface area contributed by atoms with Gasteiger partial charge in [0.05, 0.1) is 12.5 Å². The van der Waals surface area contributed by atoms with Gasteiger partial charge in [0, 0.05) is 19.0 Å². The monoisotopic (exact) mass is 424 g/mol. The summed E-state index contributed by atoms with van der Waals surface area (Å²) in [5.41, 5.74) is 4.30. The number of carbonyl (C=O) groups excluding carboxylic acids is 2. The van der Waals surface area contributed by atoms with Crippen LogP contribution in [-0.2, 0) is 14.3 Å². The van der Waals surface area contributed by atoms with E-state index in [0.29, 0.717) is 13.0 Å². The number of hydrogen-bond acceptors (Lipinski definition) is 5. The van der Waals surface area contributed by atoms with Gasteiger partial charge in [0.25, 0.3) is 0 Å². The first-order valence-corrected chi connectivity index (χ1v) is 10.2. The van der Waals surface area contributed by atoms with Crippen molar-refractivity contribution in [2.24, 2.45) is 0 Å². The van der Waals surface area contributed by atoms with E-state index in [2.05, 4.69) is 5.32 Å². The van der Waals surface area contributed by atoms with E-state index in [4.69, 9.17) is 9.84 Å². The first-order chi connectivity index (χ1) is 14.9. The average molecular weight is 424 g/mol. The number of nitrogens with zero attached hydrogens (tertiary/aromatic N) is 1. The molecule has 2 aromatic rings. The van der Waals surface area contributed by atoms with E-state index < -0.39 is 36.5 Å². The lowest BCUT2D eigenvalue weighted by Crippen LogP contribution is -2.49. The number of likely N-dealkylation sites (tertiary alicyclic amines) is 1. The second-order valence-electron chi connectivity index (χ2n) is 7.85. The van der Waals surface area contributed by atoms with Crippen molar-refractivity contribution >= 4 is 18.0 Å². The molecule has 1 fully saturated rings. The molecule has 1 heterocycles. The van der Waals surface area contributed by atoms with Gasteiger partial charge in [-0.25, -0.2) is 4.79 Å². The fourth-order valence-corrected chi connectivity index (χ4v) is 4.32. The maximum absolute atomic E-state index is 12.6. The molecule has 2 atom stereocenters. The van der Waals surface area contributed by atoms with E-state index in [-0.39, 0.29) is 19.1 Å². The van der Waals surface area contributed by atoms with E-state index in [1.807, 2.05) is 48.5 Å². The van der Waals surface area contributed by atoms with Gasteiger partial charge >= 0.3 is 12.1 Å². The van der Waals surface area contributed by atoms with Crippen molar-refractivity contribution in [2.75, 3.05) is 19.7 Å². The van der Waals surface area contributed by atoms with Crippen molar-refractivity contribution in [1.29, 1.82) is 0 Å². The van der Waals surface area contributed by atoms with E-state index in [1.54, 1.807) is 0 Å². The molecule has 162 valence electrons. The number of alkyl carbamates (subject to hydrolysis) is 1. The van der Waals surface area contributed by atoms with Crippen molar-refractivity contribution in [2.45, 2.75) is 30.9 Å². The molecule has 31 heavy (non-hydrogen) atoms. The Bertz CT molecular complexity index is 962. The van der Waals surface area contributed by atoms with Crippen LogP contribution in [0.25, 0.3) is 11.1 Å². The molecule has 0 saturated carbocycles. The lowest BCUT2D eigenvalue weighted by Gasteiger charge is -2.23. The topological polar surface area (TPSA) is 116 Å². The second kappa shape index (κ2) is 8.77. The molecule has 1 unspecified atom stereocenters. The van der Waals surface area contributed by atoms with Gasteiger partial charge in [0.15, 0.2) is 0 Å². The van der Waals surface area contributed by atoms with E-state index in [0.717, 1.165) is 22.3 Å². The number of carboxylic acid groups (broad SMARTS) is 1. The van der Waals surface area contributed by atoms with Gasteiger partial charge < -0.3 is 25.2 Å². The molecule has 1 aliphatic carbocycles. The minimum Gasteiger partial charge on any atom is -0.481 e. The van der Waals surface area contributed by atoms with Gasteiger partial charge in [-0.1, -0.05) is 48.5 Å². The van der Waals surface area contributed by atoms with Crippen LogP contribution in [0.2, 0.25) is 0 Å². The first kappa shape index (κ1) is 20.9. The summed E-state index contributed by atoms with van der Waals surface area (Å²) in [6.45, 7) is 0.514. The molecule has 4 rings (SSSR count). The zero-order valence-electron chi connectivity index (χ0n) is 16.9. The number of benzene rings is 2. The molecule has 0 radical (unpaired) electrons. The van der Waals surface area contributed by atoms with Gasteiger partial charge in [0.1, 0.15) is 12.6 Å². The number of β-amino-alcohol motifs (C(OH)–C–C–N with tert-alkyl or cyclic N) is 1. The molecule has 0 spiro atoms. The van der Waals surface area contributed by atoms with Gasteiger partial charge in [-0.15, -0.1) is 0 Å². The number of fused-ring (bicyclic) bond motifs is 3. The summed E-state index contributed by atoms with van der Waals surface area (Å²) in [4.78, 5) is 37.7. The molecule has 2 amide bonds. The largest absolute Gasteiger partial charge is 0.481 e. The van der Waals surface area contributed by atoms with Crippen LogP contribution < -0.4 is 5.32 Å². The van der Waals surface area contributed by atoms with Gasteiger partial charge in [-0.05, 0) is 28.7 Å². The summed E-state index contributed by atoms with van der Waals surface area (Å²) >= 11 is 0. The third-order valence-corrected chi connectivity index (χ3v) is 5.79. The first-order valence-electron chi connectivity index (χ1n) is 10.2. The van der Waals surface area contributed by atoms with Crippen LogP contribution in [0.5, 0.6) is 0 Å². The number of aliphatic hydroxyl groups is 1. The standard InChI is InChI=1S/C23H24N2O6/c26-14-9-10-25(12-14)22(29)20(11-21(27)28)24-23(30)31-13-19-17-7-3-1-5-15(17)16-6-2-4-8-18(16)19/h1-8,14,19-20,26H,9-13H2,(H,24,30)(H,27,28)/t14-,20?/m0/s1. The Morgan fingerprint density at radius 2 is 1.68 bits per heavy atom. The van der Waals surface area contributed by atoms with Crippen LogP contribution in [-0.4, -0.2) is 64.9 Å². The number of hydrogen-bond donors (Lipinski definition) is 3. The Morgan fingerprint density at radius 3 is 2.23 bits per heavy atom. The maximum Gasteiger partial charge on any atom is 0.407 e. The van der Waals surface area contributed by atoms with Crippen LogP contribution in [0.1, 0.15) is 29.9 Å². The Kier molecular flexibility index (Phi) is 5.90. The molecule has 2 aliphatic rings. The van der Waals surface area contributed by atoms with Crippen LogP contribution in [0.3, 0.4) is 0 Å². The summed E-state index contributed by atoms with van der Waals surface area (Å²) in [6, 6.07) is 14.6. The van der Waals surface area contributed by atoms with E-state index in [1.165, 1.54) is 4.90 Å². The fraction of sp³-hybridized carbons (Fsp3) is 0.348. The Hall–Kier alpha value is -3.39. The highest BCUT2D eigenvalue weighted by atomic mass is 16.5. The Balaban J connectivity index is 1.43. The maximum atomic E-state index is 12.6. The second-order valence-corrected chi connectivity index (χ2v) is 7.85. The highest BCUT2D eigenvalue weighted by Gasteiger charge is 2.33. The zero-order valence-corrected chi connectivity index (χ0v) is 16.9. The molecule has 0 bridgehead atoms. The highest BCUT2D eigenvalue weighted by molar-refractivity contribution is 5.89. The van der Waals surface area contributed by atoms with Gasteiger partial charge in [0.2, 0.25) is 5.91 Å². The smallest absolute Gasteiger partial charge is 0.407 e. The quantitative estimate of drug-likeness (QED) is 0.653. The van der Waals surface area contributed by atoms with Crippen molar-refractivity contribution in [3.63, 3.8) is 0 Å². The molecular formula is C23H24N2O6. The molecule has 8 heteroatoms. The number of carboxylic acids is 1. The summed E-state index contributed by atoms with van der Waals surface area (Å²) in [7, 11) is 0. The predicted molar refractivity (Wildman–Crippen MR) is 111 cm³/mol. The molecule has 3 N–H and O–H groups in total. The third-order valence-electron chi connectivity index (χ3n) is 5.79. The van der Waals surface area contributed by atoms with Crippen LogP contribution in [0.15, 0.2) is 48.5 Å². The fourth-order valence-electron chi connectivity index (χ4n) is 4.32. The van der Waals surface area contributed by atoms with Gasteiger partial charge in [-0.2, -0.15) is 0 Å². The van der Waals surface area contributed by atoms with Crippen molar-refractivity contribution in [1.82, 2.24) is 10.2 Å². The summed E-state index contributed by atoms with van der Waals surface area (Å²) in [6.07, 6.45) is -1.61. The number of rotatable bonds is 6. The SMILES string of the molecule is O=C(O)CC(NC(=O)OCC1c2ccccc2-c2ccccc21)C(=O)N1CC[C@H](O)C1. The van der Waals surface area contributed by atoms with Crippen molar-refractivity contribution < 1.29 is 29.3 Å². The van der Waals surface area contributed by atoms with Crippen LogP contribution >= 0.6 is 0 Å². The van der Waals surface area contributed by atoms with Gasteiger partial charge in [-0.3, -0.25) is 9.59 Å². The summed E-state index contributed by atoms with van der Waals surface area (Å²) in [5.74, 6) is -1.88. The van der Waals surface area contributed by atoms with Crippen molar-refractivity contribution in [3.8, 4) is 11.1 Å². The molecule has 2 aromatic carbocycles. The lowest BCUT2D eigenvalue weighted by molar-refractivity contribution is -0.142. The average Bonchev–Trinajstić information content (AvgIpc) is 3.32. The number of amides is 2. The minimum absolute atomic E-state index is 0.0657. The van der Waals surface area contributed by atoms with Crippen LogP contribution in [0, 0.1) is 0 Å². The number of ether oxygens (including phenoxy) is 1. The summed E-state index contributed by atoms with van der Waals surface area (Å²) < 4.78 is 5.42. The number of nitrogens with one attached hydrogen (secondary N) is 1. The molecule has 1 saturated heterocycles. The number of carbonyl (C=O) groups is 3. The van der Waals surface area contributed by atoms with E-state index in [9.17, 15) is 19.5 Å². The summed E-state index contributed by atoms with van der Waals surface area (Å²) in [5, 5.41) is 21.2. The van der Waals surface area contributed by atoms with Crippen LogP contribution in [0.4, 0.5) is 4.79 Å². The molecule has 0 aromatic heterocycles. The highest BCUT2D eigenvalue weighted by Crippen LogP contribution is 2.44. The number of aliphatic carboxylic acids is 1. The third kappa shape index (κ3) is 4.39. The zero-order chi connectivity index (χ0) is 22.0. The van der Waals surface area contributed by atoms with Crippen molar-refractivity contribution in [3.05, 3.63) is 59.7 Å².